The molecule has 0 aliphatic carbocycles. The Morgan fingerprint density at radius 2 is 1.44 bits per heavy atom. The van der Waals surface area contributed by atoms with Gasteiger partial charge in [-0.25, -0.2) is 12.3 Å². The van der Waals surface area contributed by atoms with Crippen LogP contribution in [-0.2, 0) is 0 Å². The molecule has 3 nitrogen and oxygen atoms in total. The molecule has 1 aromatic rings. The van der Waals surface area contributed by atoms with Crippen LogP contribution in [0.15, 0.2) is 24.3 Å². The van der Waals surface area contributed by atoms with E-state index < -0.39 is 27.1 Å². The minimum atomic E-state index is -5.96. The molecule has 16 heavy (non-hydrogen) atoms. The smallest absolute Gasteiger partial charge is 0.269 e. The second-order valence-corrected chi connectivity index (χ2v) is 4.90. The van der Waals surface area contributed by atoms with Crippen LogP contribution in [0.2, 0.25) is 0 Å². The molecule has 0 saturated heterocycles. The summed E-state index contributed by atoms with van der Waals surface area (Å²) in [6.07, 6.45) is -1.40. The Bertz CT molecular complexity index is 437. The fourth-order valence-electron chi connectivity index (χ4n) is 1.56. The van der Waals surface area contributed by atoms with Gasteiger partial charge in [-0.2, -0.15) is 0 Å². The van der Waals surface area contributed by atoms with Crippen LogP contribution in [0.1, 0.15) is 20.7 Å². The molecule has 1 aliphatic rings. The third-order valence-corrected chi connectivity index (χ3v) is 2.89. The zero-order chi connectivity index (χ0) is 11.9. The van der Waals surface area contributed by atoms with E-state index in [-0.39, 0.29) is 16.0 Å². The van der Waals surface area contributed by atoms with Crippen molar-refractivity contribution in [1.29, 1.82) is 0 Å². The first-order chi connectivity index (χ1) is 7.40. The van der Waals surface area contributed by atoms with Crippen molar-refractivity contribution in [2.24, 2.45) is 0 Å². The van der Waals surface area contributed by atoms with Crippen LogP contribution in [0, 0.1) is 0 Å². The van der Waals surface area contributed by atoms with Gasteiger partial charge in [0.2, 0.25) is 0 Å². The van der Waals surface area contributed by atoms with Gasteiger partial charge >= 0.3 is 9.08 Å². The third kappa shape index (κ3) is 1.73. The van der Waals surface area contributed by atoms with E-state index in [1.54, 1.807) is 0 Å². The highest BCUT2D eigenvalue weighted by Crippen LogP contribution is 2.24. The molecule has 0 aromatic heterocycles. The van der Waals surface area contributed by atoms with Gasteiger partial charge in [-0.05, 0) is 12.1 Å². The normalized spacial score (nSPS) is 15.6. The van der Waals surface area contributed by atoms with E-state index in [4.69, 9.17) is 0 Å². The van der Waals surface area contributed by atoms with E-state index >= 15 is 0 Å². The van der Waals surface area contributed by atoms with Crippen molar-refractivity contribution in [2.45, 2.75) is 0 Å². The SMILES string of the molecule is O=C1c2ccccc2C(=O)N1C[Si](F)(F)F. The predicted molar refractivity (Wildman–Crippen MR) is 50.9 cm³/mol. The number of nitrogens with zero attached hydrogens (tertiary/aromatic N) is 1. The number of halogens is 3. The number of hydrogen-bond donors (Lipinski definition) is 0. The molecule has 0 fully saturated rings. The highest BCUT2D eigenvalue weighted by atomic mass is 28.5. The summed E-state index contributed by atoms with van der Waals surface area (Å²) in [5, 5.41) is 0. The van der Waals surface area contributed by atoms with Crippen molar-refractivity contribution in [1.82, 2.24) is 4.90 Å². The summed E-state index contributed by atoms with van der Waals surface area (Å²) in [5.41, 5.74) is 0.0940. The van der Waals surface area contributed by atoms with Crippen molar-refractivity contribution in [3.63, 3.8) is 0 Å². The van der Waals surface area contributed by atoms with Gasteiger partial charge in [-0.1, -0.05) is 12.1 Å². The highest BCUT2D eigenvalue weighted by molar-refractivity contribution is 6.59. The van der Waals surface area contributed by atoms with Crippen LogP contribution in [0.3, 0.4) is 0 Å². The number of fused-ring (bicyclic) bond motifs is 1. The Morgan fingerprint density at radius 3 is 1.81 bits per heavy atom. The van der Waals surface area contributed by atoms with Crippen LogP contribution < -0.4 is 0 Å². The minimum Gasteiger partial charge on any atom is -0.269 e. The highest BCUT2D eigenvalue weighted by Gasteiger charge is 2.46. The molecule has 0 saturated carbocycles. The average molecular weight is 245 g/mol. The van der Waals surface area contributed by atoms with Gasteiger partial charge in [0.1, 0.15) is 6.17 Å². The Morgan fingerprint density at radius 1 is 1.00 bits per heavy atom. The molecule has 84 valence electrons. The van der Waals surface area contributed by atoms with Gasteiger partial charge < -0.3 is 0 Å². The van der Waals surface area contributed by atoms with Gasteiger partial charge in [0.15, 0.2) is 0 Å². The maximum absolute atomic E-state index is 12.3. The van der Waals surface area contributed by atoms with E-state index in [0.717, 1.165) is 0 Å². The van der Waals surface area contributed by atoms with Crippen molar-refractivity contribution in [2.75, 3.05) is 6.17 Å². The largest absolute Gasteiger partial charge is 0.637 e. The van der Waals surface area contributed by atoms with Crippen molar-refractivity contribution >= 4 is 20.9 Å². The third-order valence-electron chi connectivity index (χ3n) is 2.22. The second kappa shape index (κ2) is 3.44. The molecular weight excluding hydrogens is 239 g/mol. The lowest BCUT2D eigenvalue weighted by Crippen LogP contribution is -2.41. The maximum Gasteiger partial charge on any atom is 0.637 e. The molecule has 0 N–H and O–H groups in total. The second-order valence-electron chi connectivity index (χ2n) is 3.36. The Labute approximate surface area is 90.0 Å². The molecule has 0 unspecified atom stereocenters. The molecule has 1 aliphatic heterocycles. The Balaban J connectivity index is 2.36. The van der Waals surface area contributed by atoms with E-state index in [1.807, 2.05) is 0 Å². The first-order valence-corrected chi connectivity index (χ1v) is 6.26. The summed E-state index contributed by atoms with van der Waals surface area (Å²) >= 11 is 0. The number of carbonyl (C=O) groups is 2. The molecule has 2 rings (SSSR count). The average Bonchev–Trinajstić information content (AvgIpc) is 2.43. The van der Waals surface area contributed by atoms with E-state index in [2.05, 4.69) is 0 Å². The number of amides is 2. The fourth-order valence-corrected chi connectivity index (χ4v) is 2.21. The molecule has 0 spiro atoms. The van der Waals surface area contributed by atoms with Crippen molar-refractivity contribution < 1.29 is 21.9 Å². The van der Waals surface area contributed by atoms with E-state index in [9.17, 15) is 21.9 Å². The van der Waals surface area contributed by atoms with Crippen LogP contribution >= 0.6 is 0 Å². The number of carbonyl (C=O) groups excluding carboxylic acids is 2. The lowest BCUT2D eigenvalue weighted by atomic mass is 10.1. The molecule has 2 amide bonds. The first kappa shape index (κ1) is 10.9. The number of hydrogen-bond acceptors (Lipinski definition) is 2. The van der Waals surface area contributed by atoms with E-state index in [1.165, 1.54) is 24.3 Å². The quantitative estimate of drug-likeness (QED) is 0.451. The van der Waals surface area contributed by atoms with Crippen LogP contribution in [0.25, 0.3) is 0 Å². The Hall–Kier alpha value is -1.63. The van der Waals surface area contributed by atoms with Gasteiger partial charge in [0, 0.05) is 0 Å². The minimum absolute atomic E-state index is 0.0470. The summed E-state index contributed by atoms with van der Waals surface area (Å²) in [4.78, 5) is 23.3. The lowest BCUT2D eigenvalue weighted by Gasteiger charge is -2.13. The van der Waals surface area contributed by atoms with Crippen LogP contribution in [0.5, 0.6) is 0 Å². The summed E-state index contributed by atoms with van der Waals surface area (Å²) < 4.78 is 36.8. The summed E-state index contributed by atoms with van der Waals surface area (Å²) in [7, 11) is -5.96. The number of imide groups is 1. The van der Waals surface area contributed by atoms with E-state index in [0.29, 0.717) is 0 Å². The van der Waals surface area contributed by atoms with Crippen LogP contribution in [0.4, 0.5) is 12.3 Å². The van der Waals surface area contributed by atoms with Crippen molar-refractivity contribution in [3.8, 4) is 0 Å². The summed E-state index contributed by atoms with van der Waals surface area (Å²) in [6, 6.07) is 5.73. The molecule has 7 heteroatoms. The first-order valence-electron chi connectivity index (χ1n) is 4.42. The fraction of sp³-hybridized carbons (Fsp3) is 0.111. The molecule has 1 heterocycles. The molecule has 0 bridgehead atoms. The molecule has 0 radical (unpaired) electrons. The van der Waals surface area contributed by atoms with Gasteiger partial charge in [0.05, 0.1) is 11.1 Å². The van der Waals surface area contributed by atoms with Crippen molar-refractivity contribution in [3.05, 3.63) is 35.4 Å². The van der Waals surface area contributed by atoms with Gasteiger partial charge in [0.25, 0.3) is 11.8 Å². The Kier molecular flexibility index (Phi) is 2.34. The van der Waals surface area contributed by atoms with Gasteiger partial charge in [-0.15, -0.1) is 0 Å². The lowest BCUT2D eigenvalue weighted by molar-refractivity contribution is 0.0665. The topological polar surface area (TPSA) is 37.4 Å². The zero-order valence-corrected chi connectivity index (χ0v) is 8.91. The number of rotatable bonds is 2. The van der Waals surface area contributed by atoms with Crippen LogP contribution in [-0.4, -0.2) is 32.0 Å². The summed E-state index contributed by atoms with van der Waals surface area (Å²) in [6.45, 7) is 0. The maximum atomic E-state index is 12.3. The molecular formula is C9H6F3NO2Si. The molecule has 0 atom stereocenters. The molecule has 1 aromatic carbocycles. The number of benzene rings is 1. The predicted octanol–water partition coefficient (Wildman–Crippen LogP) is 1.67. The monoisotopic (exact) mass is 245 g/mol. The zero-order valence-electron chi connectivity index (χ0n) is 7.91. The summed E-state index contributed by atoms with van der Waals surface area (Å²) in [5.74, 6) is -1.71. The van der Waals surface area contributed by atoms with Gasteiger partial charge in [-0.3, -0.25) is 14.5 Å². The standard InChI is InChI=1S/C9H6F3NO2Si/c10-16(11,12)5-13-8(14)6-3-1-2-4-7(6)9(13)15/h1-4H,5H2.